The molecular formula is C69H48N2. The number of hydrogen-bond donors (Lipinski definition) is 0. The van der Waals surface area contributed by atoms with Crippen molar-refractivity contribution in [3.05, 3.63) is 265 Å². The Morgan fingerprint density at radius 2 is 1.00 bits per heavy atom. The topological polar surface area (TPSA) is 17.8 Å². The highest BCUT2D eigenvalue weighted by atomic mass is 15.1. The van der Waals surface area contributed by atoms with Gasteiger partial charge in [0.25, 0.3) is 0 Å². The smallest absolute Gasteiger partial charge is 0.145 e. The van der Waals surface area contributed by atoms with Crippen LogP contribution in [0.2, 0.25) is 0 Å². The van der Waals surface area contributed by atoms with Crippen molar-refractivity contribution in [2.24, 2.45) is 0 Å². The molecule has 0 unspecified atom stereocenters. The Morgan fingerprint density at radius 1 is 0.479 bits per heavy atom. The fourth-order valence-electron chi connectivity index (χ4n) is 11.4. The number of aromatic nitrogens is 2. The number of allylic oxidation sites excluding steroid dienone is 5. The average Bonchev–Trinajstić information content (AvgIpc) is 3.83. The zero-order valence-corrected chi connectivity index (χ0v) is 39.7. The van der Waals surface area contributed by atoms with Crippen LogP contribution in [0.1, 0.15) is 34.7 Å². The van der Waals surface area contributed by atoms with Gasteiger partial charge < -0.3 is 0 Å². The highest BCUT2D eigenvalue weighted by Crippen LogP contribution is 2.43. The van der Waals surface area contributed by atoms with Crippen molar-refractivity contribution in [2.45, 2.75) is 13.8 Å². The molecule has 2 nitrogen and oxygen atoms in total. The molecule has 0 N–H and O–H groups in total. The average molecular weight is 905 g/mol. The van der Waals surface area contributed by atoms with E-state index in [4.69, 9.17) is 11.6 Å². The van der Waals surface area contributed by atoms with Crippen LogP contribution in [-0.2, 0) is 0 Å². The van der Waals surface area contributed by atoms with E-state index in [2.05, 4.69) is 261 Å². The van der Waals surface area contributed by atoms with Gasteiger partial charge in [0.05, 0.1) is 11.0 Å². The van der Waals surface area contributed by atoms with Crippen LogP contribution in [-0.4, -0.2) is 9.55 Å². The van der Waals surface area contributed by atoms with Crippen molar-refractivity contribution < 1.29 is 0 Å². The Balaban J connectivity index is 1.03. The molecule has 0 aliphatic carbocycles. The van der Waals surface area contributed by atoms with Gasteiger partial charge in [0.1, 0.15) is 5.82 Å². The van der Waals surface area contributed by atoms with Crippen LogP contribution in [0.25, 0.3) is 127 Å². The molecule has 334 valence electrons. The second kappa shape index (κ2) is 17.1. The van der Waals surface area contributed by atoms with Crippen molar-refractivity contribution in [3.63, 3.8) is 0 Å². The first-order chi connectivity index (χ1) is 35.0. The molecule has 13 aromatic rings. The molecule has 13 rings (SSSR count). The summed E-state index contributed by atoms with van der Waals surface area (Å²) in [6.07, 6.45) is 11.3. The predicted molar refractivity (Wildman–Crippen MR) is 307 cm³/mol. The largest absolute Gasteiger partial charge is 0.292 e. The van der Waals surface area contributed by atoms with Crippen molar-refractivity contribution >= 4 is 110 Å². The Kier molecular flexibility index (Phi) is 10.1. The van der Waals surface area contributed by atoms with E-state index in [0.29, 0.717) is 0 Å². The molecule has 1 aromatic heterocycles. The molecule has 0 aliphatic rings. The maximum Gasteiger partial charge on any atom is 0.145 e. The van der Waals surface area contributed by atoms with Crippen LogP contribution >= 0.6 is 0 Å². The predicted octanol–water partition coefficient (Wildman–Crippen LogP) is 18.9. The van der Waals surface area contributed by atoms with Crippen LogP contribution in [0.15, 0.2) is 237 Å². The molecule has 71 heavy (non-hydrogen) atoms. The van der Waals surface area contributed by atoms with Gasteiger partial charge in [-0.3, -0.25) is 4.57 Å². The number of nitrogens with zero attached hydrogens (tertiary/aromatic N) is 2. The highest BCUT2D eigenvalue weighted by Gasteiger charge is 2.19. The molecule has 1 heterocycles. The number of fused-ring (bicyclic) bond motifs is 14. The van der Waals surface area contributed by atoms with Crippen molar-refractivity contribution in [3.8, 4) is 17.1 Å². The molecule has 12 aromatic carbocycles. The summed E-state index contributed by atoms with van der Waals surface area (Å²) in [5.74, 6) is 0.913. The molecular weight excluding hydrogens is 857 g/mol. The number of aryl methyl sites for hydroxylation is 1. The molecule has 0 atom stereocenters. The molecule has 0 fully saturated rings. The minimum atomic E-state index is 0.913. The SMILES string of the molecule is C=C(/C=C(\C=C\c1cc2c3ccccc3c3ccccc3c2c2ccccc12)c1ccc(-n2c(-c3ccccc3)nc3ccccc32)cc1)c1cc2c3ccccc3c(/C=C\C)c(C)c2c2ccccc12. The number of imidazole rings is 1. The normalized spacial score (nSPS) is 12.4. The molecule has 0 bridgehead atoms. The number of benzene rings is 12. The summed E-state index contributed by atoms with van der Waals surface area (Å²) in [6.45, 7) is 9.28. The van der Waals surface area contributed by atoms with Crippen molar-refractivity contribution in [1.82, 2.24) is 9.55 Å². The van der Waals surface area contributed by atoms with E-state index < -0.39 is 0 Å². The lowest BCUT2D eigenvalue weighted by Gasteiger charge is -2.18. The Hall–Kier alpha value is -9.11. The second-order valence-corrected chi connectivity index (χ2v) is 18.6. The van der Waals surface area contributed by atoms with E-state index in [1.54, 1.807) is 0 Å². The quantitative estimate of drug-likeness (QED) is 0.110. The van der Waals surface area contributed by atoms with Gasteiger partial charge in [-0.05, 0) is 171 Å². The van der Waals surface area contributed by atoms with Gasteiger partial charge in [-0.25, -0.2) is 4.98 Å². The lowest BCUT2D eigenvalue weighted by molar-refractivity contribution is 1.10. The van der Waals surface area contributed by atoms with E-state index in [-0.39, 0.29) is 0 Å². The summed E-state index contributed by atoms with van der Waals surface area (Å²) in [7, 11) is 0. The van der Waals surface area contributed by atoms with Gasteiger partial charge in [-0.15, -0.1) is 0 Å². The molecule has 0 saturated carbocycles. The fraction of sp³-hybridized carbons (Fsp3) is 0.0290. The molecule has 0 saturated heterocycles. The third-order valence-corrected chi connectivity index (χ3v) is 14.6. The van der Waals surface area contributed by atoms with Crippen LogP contribution in [0, 0.1) is 6.92 Å². The van der Waals surface area contributed by atoms with Gasteiger partial charge in [0.15, 0.2) is 0 Å². The monoisotopic (exact) mass is 904 g/mol. The third-order valence-electron chi connectivity index (χ3n) is 14.6. The molecule has 0 aliphatic heterocycles. The van der Waals surface area contributed by atoms with Crippen molar-refractivity contribution in [2.75, 3.05) is 0 Å². The van der Waals surface area contributed by atoms with Gasteiger partial charge in [0.2, 0.25) is 0 Å². The summed E-state index contributed by atoms with van der Waals surface area (Å²) in [4.78, 5) is 5.14. The molecule has 0 amide bonds. The lowest BCUT2D eigenvalue weighted by Crippen LogP contribution is -1.98. The Bertz CT molecular complexity index is 4410. The molecule has 0 radical (unpaired) electrons. The summed E-state index contributed by atoms with van der Waals surface area (Å²) >= 11 is 0. The number of hydrogen-bond acceptors (Lipinski definition) is 1. The zero-order chi connectivity index (χ0) is 47.6. The standard InChI is InChI=1S/C69H48N2/c1-4-20-51-45(3)67-60-31-16-14-29-58(60)62(43-64(67)56-27-11-9-24-53(51)56)44(2)41-48(46-37-39-50(40-38-46)71-66-34-19-18-33-65(66)70-69(71)47-21-6-5-7-22-47)35-36-49-42-63-57-28-12-10-25-54(57)55-26-13-17-32-61(55)68(63)59-30-15-8-23-52(49)59/h4-43H,2H2,1,3H3/b20-4-,36-35+,48-41+. The van der Waals surface area contributed by atoms with E-state index in [1.165, 1.54) is 86.5 Å². The van der Waals surface area contributed by atoms with Crippen LogP contribution in [0.5, 0.6) is 0 Å². The van der Waals surface area contributed by atoms with E-state index in [9.17, 15) is 0 Å². The molecule has 2 heteroatoms. The summed E-state index contributed by atoms with van der Waals surface area (Å²) in [5, 5.41) is 17.5. The minimum absolute atomic E-state index is 0.913. The lowest BCUT2D eigenvalue weighted by atomic mass is 9.86. The first-order valence-electron chi connectivity index (χ1n) is 24.5. The van der Waals surface area contributed by atoms with E-state index in [1.807, 2.05) is 0 Å². The second-order valence-electron chi connectivity index (χ2n) is 18.6. The van der Waals surface area contributed by atoms with Crippen LogP contribution in [0.3, 0.4) is 0 Å². The minimum Gasteiger partial charge on any atom is -0.292 e. The third kappa shape index (κ3) is 6.90. The number of para-hydroxylation sites is 2. The summed E-state index contributed by atoms with van der Waals surface area (Å²) in [6, 6.07) is 76.9. The van der Waals surface area contributed by atoms with Crippen LogP contribution < -0.4 is 0 Å². The Labute approximate surface area is 413 Å². The fourth-order valence-corrected chi connectivity index (χ4v) is 11.4. The summed E-state index contributed by atoms with van der Waals surface area (Å²) < 4.78 is 2.27. The van der Waals surface area contributed by atoms with Crippen LogP contribution in [0.4, 0.5) is 0 Å². The maximum absolute atomic E-state index is 5.14. The van der Waals surface area contributed by atoms with Crippen molar-refractivity contribution in [1.29, 1.82) is 0 Å². The van der Waals surface area contributed by atoms with Gasteiger partial charge in [0, 0.05) is 11.3 Å². The first kappa shape index (κ1) is 42.0. The zero-order valence-electron chi connectivity index (χ0n) is 39.7. The number of rotatable bonds is 8. The van der Waals surface area contributed by atoms with E-state index >= 15 is 0 Å². The maximum atomic E-state index is 5.14. The Morgan fingerprint density at radius 3 is 1.69 bits per heavy atom. The highest BCUT2D eigenvalue weighted by molar-refractivity contribution is 6.32. The first-order valence-corrected chi connectivity index (χ1v) is 24.5. The molecule has 0 spiro atoms. The summed E-state index contributed by atoms with van der Waals surface area (Å²) in [5.41, 5.74) is 12.1. The van der Waals surface area contributed by atoms with Gasteiger partial charge in [-0.1, -0.05) is 207 Å². The van der Waals surface area contributed by atoms with E-state index in [0.717, 1.165) is 55.9 Å². The van der Waals surface area contributed by atoms with Gasteiger partial charge >= 0.3 is 0 Å². The van der Waals surface area contributed by atoms with Gasteiger partial charge in [-0.2, -0.15) is 0 Å².